The standard InChI is InChI=1S/C23H26ClN3O2S/c24-19-5-1-3-16(13-19)6-9-21(28)27-12-2-4-18(14-27)23-26-20(15-30-23)10-11-25-22(29)17-7-8-17/h1,3,5-6,9,13,15,17-18H,2,4,7-8,10-12,14H2,(H,25,29)/b9-6+. The summed E-state index contributed by atoms with van der Waals surface area (Å²) in [5.41, 5.74) is 1.94. The van der Waals surface area contributed by atoms with E-state index in [1.165, 1.54) is 0 Å². The second-order valence-corrected chi connectivity index (χ2v) is 9.33. The molecule has 5 nitrogen and oxygen atoms in total. The van der Waals surface area contributed by atoms with Crippen LogP contribution in [0.2, 0.25) is 5.02 Å². The molecule has 30 heavy (non-hydrogen) atoms. The quantitative estimate of drug-likeness (QED) is 0.649. The number of amides is 2. The molecular weight excluding hydrogens is 418 g/mol. The molecular formula is C23H26ClN3O2S. The first kappa shape index (κ1) is 21.1. The first-order valence-electron chi connectivity index (χ1n) is 10.5. The predicted octanol–water partition coefficient (Wildman–Crippen LogP) is 4.28. The molecule has 0 bridgehead atoms. The van der Waals surface area contributed by atoms with Gasteiger partial charge in [0.1, 0.15) is 0 Å². The van der Waals surface area contributed by atoms with Crippen molar-refractivity contribution in [2.75, 3.05) is 19.6 Å². The van der Waals surface area contributed by atoms with Crippen molar-refractivity contribution in [1.29, 1.82) is 0 Å². The third-order valence-corrected chi connectivity index (χ3v) is 6.84. The molecule has 2 amide bonds. The molecule has 1 unspecified atom stereocenters. The summed E-state index contributed by atoms with van der Waals surface area (Å²) in [7, 11) is 0. The van der Waals surface area contributed by atoms with Gasteiger partial charge in [-0.15, -0.1) is 11.3 Å². The second kappa shape index (κ2) is 9.75. The van der Waals surface area contributed by atoms with Crippen molar-refractivity contribution in [3.63, 3.8) is 0 Å². The fourth-order valence-electron chi connectivity index (χ4n) is 3.69. The molecule has 1 atom stereocenters. The summed E-state index contributed by atoms with van der Waals surface area (Å²) >= 11 is 7.67. The first-order valence-corrected chi connectivity index (χ1v) is 11.8. The zero-order valence-corrected chi connectivity index (χ0v) is 18.4. The number of rotatable bonds is 7. The maximum absolute atomic E-state index is 12.7. The summed E-state index contributed by atoms with van der Waals surface area (Å²) in [5.74, 6) is 0.730. The number of nitrogens with one attached hydrogen (secondary N) is 1. The number of piperidine rings is 1. The number of carbonyl (C=O) groups is 2. The Balaban J connectivity index is 1.29. The van der Waals surface area contributed by atoms with Crippen LogP contribution in [-0.2, 0) is 16.0 Å². The number of benzene rings is 1. The molecule has 158 valence electrons. The van der Waals surface area contributed by atoms with Crippen LogP contribution in [-0.4, -0.2) is 41.3 Å². The van der Waals surface area contributed by atoms with E-state index >= 15 is 0 Å². The Kier molecular flexibility index (Phi) is 6.85. The van der Waals surface area contributed by atoms with Crippen molar-refractivity contribution in [2.45, 2.75) is 38.0 Å². The third-order valence-electron chi connectivity index (χ3n) is 5.55. The summed E-state index contributed by atoms with van der Waals surface area (Å²) in [6.45, 7) is 2.12. The number of aromatic nitrogens is 1. The fourth-order valence-corrected chi connectivity index (χ4v) is 4.87. The van der Waals surface area contributed by atoms with Crippen LogP contribution in [0.15, 0.2) is 35.7 Å². The van der Waals surface area contributed by atoms with Crippen molar-refractivity contribution >= 4 is 40.8 Å². The van der Waals surface area contributed by atoms with Gasteiger partial charge in [-0.05, 0) is 49.5 Å². The van der Waals surface area contributed by atoms with Crippen molar-refractivity contribution < 1.29 is 9.59 Å². The maximum atomic E-state index is 12.7. The van der Waals surface area contributed by atoms with Crippen LogP contribution < -0.4 is 5.32 Å². The Labute approximate surface area is 186 Å². The van der Waals surface area contributed by atoms with E-state index in [-0.39, 0.29) is 23.7 Å². The summed E-state index contributed by atoms with van der Waals surface area (Å²) in [4.78, 5) is 31.1. The minimum atomic E-state index is 0.0271. The van der Waals surface area contributed by atoms with Crippen LogP contribution in [0.5, 0.6) is 0 Å². The zero-order valence-electron chi connectivity index (χ0n) is 16.9. The molecule has 0 spiro atoms. The van der Waals surface area contributed by atoms with Gasteiger partial charge in [-0.2, -0.15) is 0 Å². The normalized spacial score (nSPS) is 19.2. The third kappa shape index (κ3) is 5.70. The van der Waals surface area contributed by atoms with Crippen LogP contribution >= 0.6 is 22.9 Å². The van der Waals surface area contributed by atoms with Gasteiger partial charge in [-0.3, -0.25) is 9.59 Å². The Morgan fingerprint density at radius 1 is 1.30 bits per heavy atom. The molecule has 1 aromatic carbocycles. The lowest BCUT2D eigenvalue weighted by Gasteiger charge is -2.31. The number of likely N-dealkylation sites (tertiary alicyclic amines) is 1. The van der Waals surface area contributed by atoms with E-state index in [0.29, 0.717) is 18.1 Å². The summed E-state index contributed by atoms with van der Waals surface area (Å²) in [6, 6.07) is 7.47. The molecule has 1 saturated heterocycles. The molecule has 2 heterocycles. The van der Waals surface area contributed by atoms with Gasteiger partial charge in [0.15, 0.2) is 0 Å². The largest absolute Gasteiger partial charge is 0.355 e. The SMILES string of the molecule is O=C(NCCc1csc(C2CCCN(C(=O)/C=C/c3cccc(Cl)c3)C2)n1)C1CC1. The number of hydrogen-bond donors (Lipinski definition) is 1. The highest BCUT2D eigenvalue weighted by Gasteiger charge is 2.29. The van der Waals surface area contributed by atoms with Gasteiger partial charge >= 0.3 is 0 Å². The van der Waals surface area contributed by atoms with E-state index in [2.05, 4.69) is 10.7 Å². The van der Waals surface area contributed by atoms with E-state index in [4.69, 9.17) is 16.6 Å². The Morgan fingerprint density at radius 3 is 2.97 bits per heavy atom. The van der Waals surface area contributed by atoms with Crippen LogP contribution in [0.25, 0.3) is 6.08 Å². The minimum absolute atomic E-state index is 0.0271. The highest BCUT2D eigenvalue weighted by Crippen LogP contribution is 2.30. The number of carbonyl (C=O) groups excluding carboxylic acids is 2. The zero-order chi connectivity index (χ0) is 20.9. The molecule has 1 saturated carbocycles. The van der Waals surface area contributed by atoms with Crippen molar-refractivity contribution in [3.8, 4) is 0 Å². The van der Waals surface area contributed by atoms with Crippen LogP contribution in [0.3, 0.4) is 0 Å². The maximum Gasteiger partial charge on any atom is 0.246 e. The first-order chi connectivity index (χ1) is 14.6. The molecule has 2 aliphatic rings. The summed E-state index contributed by atoms with van der Waals surface area (Å²) in [6.07, 6.45) is 8.28. The van der Waals surface area contributed by atoms with Gasteiger partial charge in [-0.25, -0.2) is 4.98 Å². The van der Waals surface area contributed by atoms with Gasteiger partial charge < -0.3 is 10.2 Å². The lowest BCUT2D eigenvalue weighted by atomic mass is 9.98. The summed E-state index contributed by atoms with van der Waals surface area (Å²) in [5, 5.41) is 6.83. The number of thiazole rings is 1. The van der Waals surface area contributed by atoms with Crippen molar-refractivity contribution in [3.05, 3.63) is 57.0 Å². The van der Waals surface area contributed by atoms with Crippen molar-refractivity contribution in [1.82, 2.24) is 15.2 Å². The molecule has 1 aromatic heterocycles. The topological polar surface area (TPSA) is 62.3 Å². The molecule has 7 heteroatoms. The molecule has 1 N–H and O–H groups in total. The molecule has 1 aliphatic carbocycles. The van der Waals surface area contributed by atoms with Gasteiger partial charge in [0.05, 0.1) is 10.7 Å². The Bertz CT molecular complexity index is 938. The van der Waals surface area contributed by atoms with Gasteiger partial charge in [0.25, 0.3) is 0 Å². The van der Waals surface area contributed by atoms with Gasteiger partial charge in [0, 0.05) is 54.4 Å². The van der Waals surface area contributed by atoms with Crippen molar-refractivity contribution in [2.24, 2.45) is 5.92 Å². The van der Waals surface area contributed by atoms with E-state index in [1.54, 1.807) is 17.4 Å². The lowest BCUT2D eigenvalue weighted by Crippen LogP contribution is -2.38. The molecule has 0 radical (unpaired) electrons. The van der Waals surface area contributed by atoms with E-state index in [1.807, 2.05) is 35.2 Å². The summed E-state index contributed by atoms with van der Waals surface area (Å²) < 4.78 is 0. The average molecular weight is 444 g/mol. The predicted molar refractivity (Wildman–Crippen MR) is 121 cm³/mol. The smallest absolute Gasteiger partial charge is 0.246 e. The number of hydrogen-bond acceptors (Lipinski definition) is 4. The number of nitrogens with zero attached hydrogens (tertiary/aromatic N) is 2. The highest BCUT2D eigenvalue weighted by molar-refractivity contribution is 7.09. The molecule has 1 aliphatic heterocycles. The average Bonchev–Trinajstić information content (AvgIpc) is 3.51. The van der Waals surface area contributed by atoms with Crippen LogP contribution in [0, 0.1) is 5.92 Å². The van der Waals surface area contributed by atoms with Gasteiger partial charge in [0.2, 0.25) is 11.8 Å². The second-order valence-electron chi connectivity index (χ2n) is 8.00. The molecule has 2 aromatic rings. The molecule has 4 rings (SSSR count). The number of halogens is 1. The van der Waals surface area contributed by atoms with E-state index < -0.39 is 0 Å². The van der Waals surface area contributed by atoms with Gasteiger partial charge in [-0.1, -0.05) is 23.7 Å². The van der Waals surface area contributed by atoms with E-state index in [0.717, 1.165) is 54.9 Å². The molecule has 2 fully saturated rings. The Morgan fingerprint density at radius 2 is 2.17 bits per heavy atom. The van der Waals surface area contributed by atoms with E-state index in [9.17, 15) is 9.59 Å². The van der Waals surface area contributed by atoms with Crippen LogP contribution in [0.4, 0.5) is 0 Å². The minimum Gasteiger partial charge on any atom is -0.355 e. The fraction of sp³-hybridized carbons (Fsp3) is 0.435. The Hall–Kier alpha value is -2.18. The lowest BCUT2D eigenvalue weighted by molar-refractivity contribution is -0.127. The van der Waals surface area contributed by atoms with Crippen LogP contribution in [0.1, 0.15) is 47.9 Å². The monoisotopic (exact) mass is 443 g/mol. The highest BCUT2D eigenvalue weighted by atomic mass is 35.5.